The molecule has 0 fully saturated rings. The summed E-state index contributed by atoms with van der Waals surface area (Å²) in [6.45, 7) is 7.15. The molecule has 0 saturated heterocycles. The first-order chi connectivity index (χ1) is 15.9. The molecule has 0 bridgehead atoms. The summed E-state index contributed by atoms with van der Waals surface area (Å²) in [6, 6.07) is 12.3. The first-order valence-corrected chi connectivity index (χ1v) is 13.1. The summed E-state index contributed by atoms with van der Waals surface area (Å²) in [5, 5.41) is 2.79. The topological polar surface area (TPSA) is 86.8 Å². The second-order valence-electron chi connectivity index (χ2n) is 8.73. The highest BCUT2D eigenvalue weighted by molar-refractivity contribution is 7.92. The normalized spacial score (nSPS) is 12.3. The zero-order valence-corrected chi connectivity index (χ0v) is 21.2. The van der Waals surface area contributed by atoms with Gasteiger partial charge in [0.25, 0.3) is 0 Å². The second-order valence-corrected chi connectivity index (χ2v) is 10.6. The molecule has 0 aliphatic carbocycles. The van der Waals surface area contributed by atoms with Gasteiger partial charge in [0.15, 0.2) is 0 Å². The lowest BCUT2D eigenvalue weighted by molar-refractivity contribution is -0.140. The Morgan fingerprint density at radius 2 is 1.74 bits per heavy atom. The minimum absolute atomic E-state index is 0.00554. The van der Waals surface area contributed by atoms with E-state index in [2.05, 4.69) is 5.32 Å². The number of hydrogen-bond donors (Lipinski definition) is 1. The summed E-state index contributed by atoms with van der Waals surface area (Å²) in [4.78, 5) is 27.1. The summed E-state index contributed by atoms with van der Waals surface area (Å²) in [7, 11) is -3.56. The molecular weight excluding hydrogens is 457 g/mol. The van der Waals surface area contributed by atoms with Crippen molar-refractivity contribution in [3.63, 3.8) is 0 Å². The van der Waals surface area contributed by atoms with Crippen LogP contribution >= 0.6 is 0 Å². The number of aryl methyl sites for hydroxylation is 1. The average molecular weight is 492 g/mol. The molecule has 0 spiro atoms. The van der Waals surface area contributed by atoms with Crippen molar-refractivity contribution in [1.29, 1.82) is 0 Å². The summed E-state index contributed by atoms with van der Waals surface area (Å²) in [6.07, 6.45) is 1.37. The van der Waals surface area contributed by atoms with Crippen molar-refractivity contribution in [2.75, 3.05) is 17.1 Å². The summed E-state index contributed by atoms with van der Waals surface area (Å²) in [5.41, 5.74) is 1.75. The molecule has 0 aliphatic rings. The highest BCUT2D eigenvalue weighted by Gasteiger charge is 2.27. The first kappa shape index (κ1) is 27.3. The number of amides is 2. The molecule has 0 aliphatic heterocycles. The zero-order valence-electron chi connectivity index (χ0n) is 20.4. The van der Waals surface area contributed by atoms with Gasteiger partial charge in [-0.2, -0.15) is 0 Å². The molecule has 1 N–H and O–H groups in total. The van der Waals surface area contributed by atoms with Crippen LogP contribution < -0.4 is 9.62 Å². The van der Waals surface area contributed by atoms with Crippen LogP contribution in [0, 0.1) is 12.7 Å². The number of halogens is 1. The molecule has 2 aromatic rings. The molecule has 0 saturated carbocycles. The SMILES string of the molecule is Cc1cccc(N(CCCC(=O)N(Cc2ccccc2F)C(C)C(=O)NC(C)C)S(C)(=O)=O)c1. The van der Waals surface area contributed by atoms with Gasteiger partial charge in [0.05, 0.1) is 11.9 Å². The predicted octanol–water partition coefficient (Wildman–Crippen LogP) is 3.62. The van der Waals surface area contributed by atoms with E-state index in [9.17, 15) is 22.4 Å². The third kappa shape index (κ3) is 7.83. The number of nitrogens with zero attached hydrogens (tertiary/aromatic N) is 2. The Morgan fingerprint density at radius 3 is 2.32 bits per heavy atom. The smallest absolute Gasteiger partial charge is 0.242 e. The molecule has 7 nitrogen and oxygen atoms in total. The van der Waals surface area contributed by atoms with Gasteiger partial charge in [-0.15, -0.1) is 0 Å². The Morgan fingerprint density at radius 1 is 1.06 bits per heavy atom. The van der Waals surface area contributed by atoms with Crippen molar-refractivity contribution in [1.82, 2.24) is 10.2 Å². The van der Waals surface area contributed by atoms with Crippen LogP contribution in [-0.4, -0.2) is 50.0 Å². The van der Waals surface area contributed by atoms with Gasteiger partial charge >= 0.3 is 0 Å². The number of sulfonamides is 1. The molecule has 186 valence electrons. The Hall–Kier alpha value is -2.94. The minimum Gasteiger partial charge on any atom is -0.352 e. The van der Waals surface area contributed by atoms with Crippen LogP contribution in [0.4, 0.5) is 10.1 Å². The number of benzene rings is 2. The lowest BCUT2D eigenvalue weighted by Gasteiger charge is -2.30. The van der Waals surface area contributed by atoms with Crippen molar-refractivity contribution in [3.05, 3.63) is 65.5 Å². The Labute approximate surface area is 202 Å². The van der Waals surface area contributed by atoms with Crippen LogP contribution in [0.5, 0.6) is 0 Å². The van der Waals surface area contributed by atoms with Gasteiger partial charge in [-0.25, -0.2) is 12.8 Å². The standard InChI is InChI=1S/C25H34FN3O4S/c1-18(2)27-25(31)20(4)28(17-21-11-6-7-13-23(21)26)24(30)14-9-15-29(34(5,32)33)22-12-8-10-19(3)16-22/h6-8,10-13,16,18,20H,9,14-15,17H2,1-5H3,(H,27,31). The van der Waals surface area contributed by atoms with Gasteiger partial charge in [-0.3, -0.25) is 13.9 Å². The van der Waals surface area contributed by atoms with Gasteiger partial charge in [-0.1, -0.05) is 30.3 Å². The van der Waals surface area contributed by atoms with E-state index >= 15 is 0 Å². The molecule has 9 heteroatoms. The molecule has 2 amide bonds. The predicted molar refractivity (Wildman–Crippen MR) is 132 cm³/mol. The van der Waals surface area contributed by atoms with Crippen LogP contribution in [0.25, 0.3) is 0 Å². The molecule has 2 aromatic carbocycles. The molecule has 34 heavy (non-hydrogen) atoms. The van der Waals surface area contributed by atoms with E-state index in [1.165, 1.54) is 15.3 Å². The maximum atomic E-state index is 14.3. The Bertz CT molecular complexity index is 1100. The fraction of sp³-hybridized carbons (Fsp3) is 0.440. The van der Waals surface area contributed by atoms with Crippen molar-refractivity contribution < 1.29 is 22.4 Å². The van der Waals surface area contributed by atoms with Crippen molar-refractivity contribution in [2.24, 2.45) is 0 Å². The monoisotopic (exact) mass is 491 g/mol. The third-order valence-electron chi connectivity index (χ3n) is 5.34. The van der Waals surface area contributed by atoms with Crippen molar-refractivity contribution >= 4 is 27.5 Å². The largest absolute Gasteiger partial charge is 0.352 e. The molecule has 1 unspecified atom stereocenters. The number of carbonyl (C=O) groups excluding carboxylic acids is 2. The number of carbonyl (C=O) groups is 2. The lowest BCUT2D eigenvalue weighted by atomic mass is 10.1. The quantitative estimate of drug-likeness (QED) is 0.520. The third-order valence-corrected chi connectivity index (χ3v) is 6.53. The van der Waals surface area contributed by atoms with E-state index in [1.54, 1.807) is 43.3 Å². The van der Waals surface area contributed by atoms with Crippen LogP contribution in [0.1, 0.15) is 44.7 Å². The van der Waals surface area contributed by atoms with E-state index in [0.29, 0.717) is 11.3 Å². The van der Waals surface area contributed by atoms with E-state index in [0.717, 1.165) is 11.8 Å². The van der Waals surface area contributed by atoms with Crippen LogP contribution in [-0.2, 0) is 26.2 Å². The van der Waals surface area contributed by atoms with E-state index in [-0.39, 0.29) is 43.8 Å². The summed E-state index contributed by atoms with van der Waals surface area (Å²) < 4.78 is 40.3. The Balaban J connectivity index is 2.18. The van der Waals surface area contributed by atoms with E-state index in [4.69, 9.17) is 0 Å². The van der Waals surface area contributed by atoms with Crippen LogP contribution in [0.3, 0.4) is 0 Å². The van der Waals surface area contributed by atoms with E-state index < -0.39 is 21.9 Å². The number of hydrogen-bond acceptors (Lipinski definition) is 4. The highest BCUT2D eigenvalue weighted by atomic mass is 32.2. The zero-order chi connectivity index (χ0) is 25.5. The first-order valence-electron chi connectivity index (χ1n) is 11.3. The molecule has 2 rings (SSSR count). The Kier molecular flexibility index (Phi) is 9.61. The molecule has 0 radical (unpaired) electrons. The van der Waals surface area contributed by atoms with Crippen LogP contribution in [0.15, 0.2) is 48.5 Å². The van der Waals surface area contributed by atoms with Crippen molar-refractivity contribution in [3.8, 4) is 0 Å². The lowest BCUT2D eigenvalue weighted by Crippen LogP contribution is -2.49. The van der Waals surface area contributed by atoms with Gasteiger partial charge < -0.3 is 10.2 Å². The fourth-order valence-electron chi connectivity index (χ4n) is 3.58. The number of anilines is 1. The molecule has 1 atom stereocenters. The van der Waals surface area contributed by atoms with Crippen LogP contribution in [0.2, 0.25) is 0 Å². The van der Waals surface area contributed by atoms with Gasteiger partial charge in [0.2, 0.25) is 21.8 Å². The summed E-state index contributed by atoms with van der Waals surface area (Å²) >= 11 is 0. The second kappa shape index (κ2) is 12.0. The highest BCUT2D eigenvalue weighted by Crippen LogP contribution is 2.20. The number of nitrogens with one attached hydrogen (secondary N) is 1. The van der Waals surface area contributed by atoms with E-state index in [1.807, 2.05) is 26.8 Å². The van der Waals surface area contributed by atoms with Gasteiger partial charge in [0, 0.05) is 31.1 Å². The molecular formula is C25H34FN3O4S. The van der Waals surface area contributed by atoms with Crippen molar-refractivity contribution in [2.45, 2.75) is 59.2 Å². The number of rotatable bonds is 11. The van der Waals surface area contributed by atoms with Gasteiger partial charge in [-0.05, 0) is 57.9 Å². The average Bonchev–Trinajstić information content (AvgIpc) is 2.74. The molecule has 0 heterocycles. The summed E-state index contributed by atoms with van der Waals surface area (Å²) in [5.74, 6) is -1.15. The molecule has 0 aromatic heterocycles. The maximum absolute atomic E-state index is 14.3. The maximum Gasteiger partial charge on any atom is 0.242 e. The minimum atomic E-state index is -3.56. The van der Waals surface area contributed by atoms with Gasteiger partial charge in [0.1, 0.15) is 11.9 Å². The fourth-order valence-corrected chi connectivity index (χ4v) is 4.54.